The molecule has 0 aliphatic carbocycles. The van der Waals surface area contributed by atoms with E-state index in [2.05, 4.69) is 20.3 Å². The molecule has 31 heavy (non-hydrogen) atoms. The van der Waals surface area contributed by atoms with Crippen LogP contribution in [0.15, 0.2) is 52.4 Å². The summed E-state index contributed by atoms with van der Waals surface area (Å²) < 4.78 is 45.9. The zero-order valence-electron chi connectivity index (χ0n) is 18.1. The second-order valence-corrected chi connectivity index (χ2v) is 8.61. The van der Waals surface area contributed by atoms with Gasteiger partial charge in [0, 0.05) is 27.2 Å². The van der Waals surface area contributed by atoms with Crippen LogP contribution in [0.5, 0.6) is 0 Å². The summed E-state index contributed by atoms with van der Waals surface area (Å²) in [5, 5.41) is 6.36. The van der Waals surface area contributed by atoms with Crippen molar-refractivity contribution >= 4 is 40.0 Å². The van der Waals surface area contributed by atoms with Crippen LogP contribution in [0.1, 0.15) is 29.7 Å². The van der Waals surface area contributed by atoms with Crippen molar-refractivity contribution in [2.75, 3.05) is 27.3 Å². The third kappa shape index (κ3) is 8.36. The minimum absolute atomic E-state index is 0. The normalized spacial score (nSPS) is 12.7. The van der Waals surface area contributed by atoms with E-state index < -0.39 is 10.0 Å². The number of hydrogen-bond donors (Lipinski definition) is 3. The fraction of sp³-hybridized carbons (Fsp3) is 0.381. The second-order valence-electron chi connectivity index (χ2n) is 6.84. The van der Waals surface area contributed by atoms with Gasteiger partial charge >= 0.3 is 0 Å². The first kappa shape index (κ1) is 27.3. The Hall–Kier alpha value is -1.76. The van der Waals surface area contributed by atoms with Crippen LogP contribution in [-0.2, 0) is 21.3 Å². The molecular weight excluding hydrogens is 534 g/mol. The molecule has 0 aliphatic rings. The number of methoxy groups -OCH3 is 1. The van der Waals surface area contributed by atoms with E-state index in [1.807, 2.05) is 19.1 Å². The van der Waals surface area contributed by atoms with Gasteiger partial charge in [-0.25, -0.2) is 17.5 Å². The topological polar surface area (TPSA) is 91.8 Å². The SMILES string of the molecule is CN=C(NCc1cccc(S(=O)(=O)NCCOC)c1)NC(C)c1ccc(C)c(F)c1.I. The largest absolute Gasteiger partial charge is 0.383 e. The first-order valence-corrected chi connectivity index (χ1v) is 11.1. The minimum Gasteiger partial charge on any atom is -0.383 e. The standard InChI is InChI=1S/C21H29FN4O3S.HI/c1-15-8-9-18(13-20(15)22)16(2)26-21(23-3)24-14-17-6-5-7-19(12-17)30(27,28)25-10-11-29-4;/h5-9,12-13,16,25H,10-11,14H2,1-4H3,(H2,23,24,26);1H. The Morgan fingerprint density at radius 2 is 1.97 bits per heavy atom. The summed E-state index contributed by atoms with van der Waals surface area (Å²) in [6, 6.07) is 11.6. The summed E-state index contributed by atoms with van der Waals surface area (Å²) in [5.74, 6) is 0.274. The second kappa shape index (κ2) is 12.9. The molecule has 172 valence electrons. The number of nitrogens with zero attached hydrogens (tertiary/aromatic N) is 1. The van der Waals surface area contributed by atoms with Crippen molar-refractivity contribution in [2.45, 2.75) is 31.3 Å². The summed E-state index contributed by atoms with van der Waals surface area (Å²) in [4.78, 5) is 4.37. The maximum Gasteiger partial charge on any atom is 0.240 e. The molecule has 2 aromatic carbocycles. The smallest absolute Gasteiger partial charge is 0.240 e. The van der Waals surface area contributed by atoms with E-state index in [4.69, 9.17) is 4.74 Å². The Kier molecular flexibility index (Phi) is 11.4. The Bertz CT molecular complexity index is 986. The Labute approximate surface area is 201 Å². The Morgan fingerprint density at radius 1 is 1.23 bits per heavy atom. The number of rotatable bonds is 9. The van der Waals surface area contributed by atoms with Crippen molar-refractivity contribution in [3.8, 4) is 0 Å². The minimum atomic E-state index is -3.60. The highest BCUT2D eigenvalue weighted by Gasteiger charge is 2.14. The lowest BCUT2D eigenvalue weighted by molar-refractivity contribution is 0.204. The molecule has 0 radical (unpaired) electrons. The number of halogens is 2. The van der Waals surface area contributed by atoms with Crippen LogP contribution in [0.4, 0.5) is 4.39 Å². The molecule has 0 saturated heterocycles. The van der Waals surface area contributed by atoms with Gasteiger partial charge in [-0.1, -0.05) is 24.3 Å². The van der Waals surface area contributed by atoms with Crippen molar-refractivity contribution in [1.29, 1.82) is 0 Å². The van der Waals surface area contributed by atoms with Crippen molar-refractivity contribution in [1.82, 2.24) is 15.4 Å². The van der Waals surface area contributed by atoms with E-state index in [1.54, 1.807) is 38.2 Å². The summed E-state index contributed by atoms with van der Waals surface area (Å²) in [6.07, 6.45) is 0. The molecule has 1 unspecified atom stereocenters. The van der Waals surface area contributed by atoms with Gasteiger partial charge in [0.05, 0.1) is 17.5 Å². The van der Waals surface area contributed by atoms with Crippen molar-refractivity contribution in [3.05, 3.63) is 65.0 Å². The number of benzene rings is 2. The van der Waals surface area contributed by atoms with E-state index in [0.717, 1.165) is 11.1 Å². The van der Waals surface area contributed by atoms with Crippen molar-refractivity contribution in [3.63, 3.8) is 0 Å². The fourth-order valence-electron chi connectivity index (χ4n) is 2.73. The Morgan fingerprint density at radius 3 is 2.61 bits per heavy atom. The van der Waals surface area contributed by atoms with Gasteiger partial charge in [0.25, 0.3) is 0 Å². The number of ether oxygens (including phenoxy) is 1. The summed E-state index contributed by atoms with van der Waals surface area (Å²) >= 11 is 0. The third-order valence-electron chi connectivity index (χ3n) is 4.54. The maximum absolute atomic E-state index is 13.8. The summed E-state index contributed by atoms with van der Waals surface area (Å²) in [7, 11) is -0.452. The number of nitrogens with one attached hydrogen (secondary N) is 3. The highest BCUT2D eigenvalue weighted by atomic mass is 127. The van der Waals surface area contributed by atoms with Gasteiger partial charge in [-0.05, 0) is 48.7 Å². The molecule has 0 fully saturated rings. The highest BCUT2D eigenvalue weighted by Crippen LogP contribution is 2.16. The van der Waals surface area contributed by atoms with Gasteiger partial charge in [0.2, 0.25) is 10.0 Å². The van der Waals surface area contributed by atoms with E-state index >= 15 is 0 Å². The molecule has 0 bridgehead atoms. The van der Waals surface area contributed by atoms with Crippen LogP contribution in [0.2, 0.25) is 0 Å². The molecule has 0 heterocycles. The van der Waals surface area contributed by atoms with E-state index in [1.165, 1.54) is 13.2 Å². The van der Waals surface area contributed by atoms with Crippen molar-refractivity contribution < 1.29 is 17.5 Å². The van der Waals surface area contributed by atoms with Crippen LogP contribution in [0.3, 0.4) is 0 Å². The molecule has 2 aromatic rings. The van der Waals surface area contributed by atoms with Gasteiger partial charge < -0.3 is 15.4 Å². The molecule has 1 atom stereocenters. The van der Waals surface area contributed by atoms with Crippen LogP contribution in [0.25, 0.3) is 0 Å². The van der Waals surface area contributed by atoms with Gasteiger partial charge in [-0.2, -0.15) is 0 Å². The van der Waals surface area contributed by atoms with Gasteiger partial charge in [0.15, 0.2) is 5.96 Å². The average Bonchev–Trinajstić information content (AvgIpc) is 2.73. The van der Waals surface area contributed by atoms with Crippen molar-refractivity contribution in [2.24, 2.45) is 4.99 Å². The van der Waals surface area contributed by atoms with E-state index in [9.17, 15) is 12.8 Å². The zero-order chi connectivity index (χ0) is 22.1. The van der Waals surface area contributed by atoms with Crippen LogP contribution >= 0.6 is 24.0 Å². The predicted molar refractivity (Wildman–Crippen MR) is 132 cm³/mol. The van der Waals surface area contributed by atoms with Gasteiger partial charge in [-0.15, -0.1) is 24.0 Å². The number of aliphatic imine (C=N–C) groups is 1. The molecule has 0 aromatic heterocycles. The number of guanidine groups is 1. The van der Waals surface area contributed by atoms with Crippen LogP contribution in [0, 0.1) is 12.7 Å². The molecule has 10 heteroatoms. The molecule has 0 spiro atoms. The zero-order valence-corrected chi connectivity index (χ0v) is 21.3. The van der Waals surface area contributed by atoms with E-state index in [-0.39, 0.29) is 47.3 Å². The first-order valence-electron chi connectivity index (χ1n) is 9.57. The quantitative estimate of drug-likeness (QED) is 0.189. The molecule has 7 nitrogen and oxygen atoms in total. The highest BCUT2D eigenvalue weighted by molar-refractivity contribution is 14.0. The first-order chi connectivity index (χ1) is 14.3. The van der Waals surface area contributed by atoms with Crippen LogP contribution in [-0.4, -0.2) is 41.7 Å². The molecule has 3 N–H and O–H groups in total. The predicted octanol–water partition coefficient (Wildman–Crippen LogP) is 3.10. The number of sulfonamides is 1. The van der Waals surface area contributed by atoms with Crippen LogP contribution < -0.4 is 15.4 Å². The molecule has 0 aliphatic heterocycles. The Balaban J connectivity index is 0.00000480. The number of aryl methyl sites for hydroxylation is 1. The fourth-order valence-corrected chi connectivity index (χ4v) is 3.81. The molecule has 0 amide bonds. The number of hydrogen-bond acceptors (Lipinski definition) is 4. The summed E-state index contributed by atoms with van der Waals surface area (Å²) in [6.45, 7) is 4.51. The van der Waals surface area contributed by atoms with Gasteiger partial charge in [-0.3, -0.25) is 4.99 Å². The lowest BCUT2D eigenvalue weighted by Crippen LogP contribution is -2.38. The summed E-state index contributed by atoms with van der Waals surface area (Å²) in [5.41, 5.74) is 2.18. The maximum atomic E-state index is 13.8. The lowest BCUT2D eigenvalue weighted by atomic mass is 10.1. The van der Waals surface area contributed by atoms with Gasteiger partial charge in [0.1, 0.15) is 5.82 Å². The average molecular weight is 564 g/mol. The lowest BCUT2D eigenvalue weighted by Gasteiger charge is -2.19. The molecule has 0 saturated carbocycles. The van der Waals surface area contributed by atoms with E-state index in [0.29, 0.717) is 24.7 Å². The third-order valence-corrected chi connectivity index (χ3v) is 6.00. The molecule has 2 rings (SSSR count). The monoisotopic (exact) mass is 564 g/mol. The molecular formula is C21H30FIN4O3S.